The molecule has 14 heteroatoms. The fraction of sp³-hybridized carbons (Fsp3) is 0.429. The number of alkyl halides is 2. The standard InChI is InChI=1S/C21H22F3N5O6/c1-2-34-27-14-8-28(6-11(14)19(25)26-33)16-13(22)5-10-15(18(16)35-21(23)24)29(9-3-4-9)7-12(17(10)30)20(31)32/h5,7,9,11,21,33H,2-4,6,8H2,1H3,(H2,25,26)(H,31,32)/b27-14+. The molecule has 1 saturated carbocycles. The number of aromatic carboxylic acids is 1. The molecular weight excluding hydrogens is 475 g/mol. The van der Waals surface area contributed by atoms with Crippen LogP contribution in [0, 0.1) is 11.7 Å². The number of hydrogen-bond acceptors (Lipinski definition) is 8. The largest absolute Gasteiger partial charge is 0.477 e. The number of rotatable bonds is 8. The van der Waals surface area contributed by atoms with Crippen LogP contribution in [0.5, 0.6) is 5.75 Å². The third kappa shape index (κ3) is 4.42. The molecule has 2 aliphatic rings. The molecule has 0 radical (unpaired) electrons. The highest BCUT2D eigenvalue weighted by Gasteiger charge is 2.38. The second-order valence-electron chi connectivity index (χ2n) is 8.08. The van der Waals surface area contributed by atoms with Crippen LogP contribution in [0.4, 0.5) is 18.9 Å². The first-order valence-corrected chi connectivity index (χ1v) is 10.7. The van der Waals surface area contributed by atoms with E-state index >= 15 is 4.39 Å². The maximum Gasteiger partial charge on any atom is 0.387 e. The lowest BCUT2D eigenvalue weighted by atomic mass is 10.1. The molecule has 2 aromatic rings. The molecule has 1 atom stereocenters. The Labute approximate surface area is 195 Å². The molecule has 1 aromatic heterocycles. The Hall–Kier alpha value is -3.97. The molecule has 11 nitrogen and oxygen atoms in total. The molecular formula is C21H22F3N5O6. The van der Waals surface area contributed by atoms with E-state index in [2.05, 4.69) is 10.3 Å². The zero-order chi connectivity index (χ0) is 25.4. The zero-order valence-corrected chi connectivity index (χ0v) is 18.4. The van der Waals surface area contributed by atoms with Crippen LogP contribution in [0.15, 0.2) is 27.4 Å². The number of pyridine rings is 1. The fourth-order valence-corrected chi connectivity index (χ4v) is 4.17. The Morgan fingerprint density at radius 1 is 1.37 bits per heavy atom. The zero-order valence-electron chi connectivity index (χ0n) is 18.4. The molecule has 0 amide bonds. The highest BCUT2D eigenvalue weighted by Crippen LogP contribution is 2.45. The molecule has 4 N–H and O–H groups in total. The predicted molar refractivity (Wildman–Crippen MR) is 118 cm³/mol. The first-order valence-electron chi connectivity index (χ1n) is 10.7. The Balaban J connectivity index is 1.97. The van der Waals surface area contributed by atoms with Crippen molar-refractivity contribution in [1.29, 1.82) is 0 Å². The van der Waals surface area contributed by atoms with Crippen molar-refractivity contribution in [3.8, 4) is 5.75 Å². The summed E-state index contributed by atoms with van der Waals surface area (Å²) < 4.78 is 48.7. The van der Waals surface area contributed by atoms with Crippen LogP contribution >= 0.6 is 0 Å². The summed E-state index contributed by atoms with van der Waals surface area (Å²) in [6.45, 7) is -1.75. The third-order valence-corrected chi connectivity index (χ3v) is 5.83. The van der Waals surface area contributed by atoms with Gasteiger partial charge in [0.25, 0.3) is 0 Å². The van der Waals surface area contributed by atoms with Gasteiger partial charge < -0.3 is 35.1 Å². The number of halogens is 3. The number of carboxylic acids is 1. The van der Waals surface area contributed by atoms with Gasteiger partial charge in [-0.1, -0.05) is 10.3 Å². The average Bonchev–Trinajstić information content (AvgIpc) is 3.56. The summed E-state index contributed by atoms with van der Waals surface area (Å²) in [5, 5.41) is 25.1. The minimum Gasteiger partial charge on any atom is -0.477 e. The number of nitrogens with two attached hydrogens (primary N) is 1. The Morgan fingerprint density at radius 3 is 2.66 bits per heavy atom. The molecule has 1 aromatic carbocycles. The molecule has 0 bridgehead atoms. The Kier molecular flexibility index (Phi) is 6.45. The molecule has 4 rings (SSSR count). The number of carbonyl (C=O) groups is 1. The van der Waals surface area contributed by atoms with Crippen LogP contribution in [0.3, 0.4) is 0 Å². The van der Waals surface area contributed by atoms with Gasteiger partial charge in [0, 0.05) is 18.8 Å². The monoisotopic (exact) mass is 497 g/mol. The first-order chi connectivity index (χ1) is 16.7. The van der Waals surface area contributed by atoms with Crippen LogP contribution < -0.4 is 20.8 Å². The minimum absolute atomic E-state index is 0.120. The van der Waals surface area contributed by atoms with Crippen LogP contribution in [-0.2, 0) is 4.84 Å². The quantitative estimate of drug-likeness (QED) is 0.218. The number of fused-ring (bicyclic) bond motifs is 1. The van der Waals surface area contributed by atoms with Gasteiger partial charge in [0.1, 0.15) is 23.7 Å². The van der Waals surface area contributed by atoms with Crippen molar-refractivity contribution in [2.45, 2.75) is 32.4 Å². The molecule has 188 valence electrons. The second-order valence-corrected chi connectivity index (χ2v) is 8.08. The number of carboxylic acid groups (broad SMARTS) is 1. The summed E-state index contributed by atoms with van der Waals surface area (Å²) in [5.74, 6) is -4.30. The highest BCUT2D eigenvalue weighted by molar-refractivity contribution is 6.10. The van der Waals surface area contributed by atoms with Gasteiger partial charge in [-0.3, -0.25) is 4.79 Å². The molecule has 35 heavy (non-hydrogen) atoms. The van der Waals surface area contributed by atoms with Gasteiger partial charge in [-0.15, -0.1) is 0 Å². The topological polar surface area (TPSA) is 152 Å². The smallest absolute Gasteiger partial charge is 0.387 e. The number of amidine groups is 1. The molecule has 1 unspecified atom stereocenters. The summed E-state index contributed by atoms with van der Waals surface area (Å²) in [7, 11) is 0. The number of benzene rings is 1. The van der Waals surface area contributed by atoms with E-state index in [4.69, 9.17) is 20.5 Å². The summed E-state index contributed by atoms with van der Waals surface area (Å²) in [4.78, 5) is 30.8. The number of anilines is 1. The first kappa shape index (κ1) is 24.2. The molecule has 1 saturated heterocycles. The molecule has 2 fully saturated rings. The number of ether oxygens (including phenoxy) is 1. The maximum absolute atomic E-state index is 15.5. The Morgan fingerprint density at radius 2 is 2.09 bits per heavy atom. The van der Waals surface area contributed by atoms with Crippen LogP contribution in [0.1, 0.15) is 36.2 Å². The second kappa shape index (κ2) is 9.35. The van der Waals surface area contributed by atoms with Gasteiger partial charge in [0.05, 0.1) is 29.1 Å². The SMILES string of the molecule is CCO/N=C1\CN(c2c(F)cc3c(=O)c(C(=O)O)cn(C4CC4)c3c2OC(F)F)CC1/C(N)=N\O. The van der Waals surface area contributed by atoms with Crippen molar-refractivity contribution in [2.75, 3.05) is 24.6 Å². The normalized spacial score (nSPS) is 19.7. The van der Waals surface area contributed by atoms with Gasteiger partial charge in [-0.2, -0.15) is 8.78 Å². The lowest BCUT2D eigenvalue weighted by molar-refractivity contribution is -0.0488. The van der Waals surface area contributed by atoms with E-state index in [1.807, 2.05) is 0 Å². The molecule has 2 heterocycles. The summed E-state index contributed by atoms with van der Waals surface area (Å²) in [6, 6.07) is 0.542. The van der Waals surface area contributed by atoms with E-state index in [1.165, 1.54) is 9.47 Å². The fourth-order valence-electron chi connectivity index (χ4n) is 4.17. The van der Waals surface area contributed by atoms with E-state index in [-0.39, 0.29) is 42.8 Å². The third-order valence-electron chi connectivity index (χ3n) is 5.83. The van der Waals surface area contributed by atoms with Gasteiger partial charge in [-0.25, -0.2) is 9.18 Å². The van der Waals surface area contributed by atoms with Crippen molar-refractivity contribution < 1.29 is 37.9 Å². The van der Waals surface area contributed by atoms with Crippen molar-refractivity contribution in [3.63, 3.8) is 0 Å². The number of nitrogens with zero attached hydrogens (tertiary/aromatic N) is 4. The van der Waals surface area contributed by atoms with E-state index in [9.17, 15) is 23.5 Å². The van der Waals surface area contributed by atoms with Crippen molar-refractivity contribution in [3.05, 3.63) is 33.9 Å². The molecule has 0 spiro atoms. The van der Waals surface area contributed by atoms with Gasteiger partial charge in [0.2, 0.25) is 5.43 Å². The highest BCUT2D eigenvalue weighted by atomic mass is 19.3. The van der Waals surface area contributed by atoms with Gasteiger partial charge in [0.15, 0.2) is 11.6 Å². The predicted octanol–water partition coefficient (Wildman–Crippen LogP) is 2.35. The lowest BCUT2D eigenvalue weighted by Gasteiger charge is -2.25. The summed E-state index contributed by atoms with van der Waals surface area (Å²) in [5.41, 5.74) is 3.83. The number of hydrogen-bond donors (Lipinski definition) is 3. The van der Waals surface area contributed by atoms with E-state index in [0.29, 0.717) is 12.8 Å². The summed E-state index contributed by atoms with van der Waals surface area (Å²) >= 11 is 0. The minimum atomic E-state index is -3.38. The van der Waals surface area contributed by atoms with E-state index in [1.54, 1.807) is 6.92 Å². The maximum atomic E-state index is 15.5. The van der Waals surface area contributed by atoms with Gasteiger partial charge >= 0.3 is 12.6 Å². The van der Waals surface area contributed by atoms with Crippen molar-refractivity contribution in [2.24, 2.45) is 22.0 Å². The van der Waals surface area contributed by atoms with Crippen LogP contribution in [-0.4, -0.2) is 58.7 Å². The Bertz CT molecular complexity index is 1290. The molecule has 1 aliphatic carbocycles. The number of oxime groups is 2. The van der Waals surface area contributed by atoms with E-state index < -0.39 is 52.1 Å². The van der Waals surface area contributed by atoms with Crippen LogP contribution in [0.25, 0.3) is 10.9 Å². The lowest BCUT2D eigenvalue weighted by Crippen LogP contribution is -2.31. The molecule has 1 aliphatic heterocycles. The van der Waals surface area contributed by atoms with Gasteiger partial charge in [-0.05, 0) is 25.8 Å². The number of aromatic nitrogens is 1. The van der Waals surface area contributed by atoms with Crippen molar-refractivity contribution in [1.82, 2.24) is 4.57 Å². The van der Waals surface area contributed by atoms with E-state index in [0.717, 1.165) is 12.3 Å². The van der Waals surface area contributed by atoms with Crippen LogP contribution in [0.2, 0.25) is 0 Å². The van der Waals surface area contributed by atoms with Crippen molar-refractivity contribution >= 4 is 34.1 Å². The summed E-state index contributed by atoms with van der Waals surface area (Å²) in [6.07, 6.45) is 2.28. The average molecular weight is 497 g/mol.